The van der Waals surface area contributed by atoms with Crippen molar-refractivity contribution in [3.05, 3.63) is 115 Å². The summed E-state index contributed by atoms with van der Waals surface area (Å²) in [6.45, 7) is 0. The number of anilines is 4. The van der Waals surface area contributed by atoms with Gasteiger partial charge in [-0.05, 0) is 59.7 Å². The number of urea groups is 2. The molecule has 4 aromatic rings. The molecule has 0 atom stereocenters. The van der Waals surface area contributed by atoms with Crippen LogP contribution in [0.5, 0.6) is 0 Å². The van der Waals surface area contributed by atoms with Crippen molar-refractivity contribution in [2.75, 3.05) is 21.3 Å². The van der Waals surface area contributed by atoms with Crippen LogP contribution in [-0.2, 0) is 0 Å². The Kier molecular flexibility index (Phi) is 8.42. The van der Waals surface area contributed by atoms with Gasteiger partial charge >= 0.3 is 12.1 Å². The third-order valence-corrected chi connectivity index (χ3v) is 6.07. The number of nitrogens with one attached hydrogen (secondary N) is 4. The van der Waals surface area contributed by atoms with Crippen molar-refractivity contribution in [3.63, 3.8) is 0 Å². The summed E-state index contributed by atoms with van der Waals surface area (Å²) in [5, 5.41) is 32.4. The van der Waals surface area contributed by atoms with Gasteiger partial charge in [0.15, 0.2) is 0 Å². The quantitative estimate of drug-likeness (QED) is 0.128. The number of nitro benzene ring substituents is 2. The highest BCUT2D eigenvalue weighted by molar-refractivity contribution is 6.35. The van der Waals surface area contributed by atoms with Gasteiger partial charge in [0.1, 0.15) is 0 Å². The lowest BCUT2D eigenvalue weighted by Crippen LogP contribution is -2.19. The molecule has 4 rings (SSSR count). The van der Waals surface area contributed by atoms with Gasteiger partial charge in [0.25, 0.3) is 11.4 Å². The third kappa shape index (κ3) is 7.01. The highest BCUT2D eigenvalue weighted by Gasteiger charge is 2.12. The van der Waals surface area contributed by atoms with Crippen molar-refractivity contribution in [2.24, 2.45) is 0 Å². The van der Waals surface area contributed by atoms with Crippen LogP contribution >= 0.6 is 23.2 Å². The number of nitrogens with zero attached hydrogens (tertiary/aromatic N) is 2. The predicted molar refractivity (Wildman–Crippen MR) is 153 cm³/mol. The molecule has 12 nitrogen and oxygen atoms in total. The number of nitro groups is 2. The SMILES string of the molecule is O=C(Nc1ccc([N+](=O)[O-])cc1)Nc1ccc(-c2ccc(NC(=O)Nc3ccc([N+](=O)[O-])cc3)c(Cl)c2)cc1Cl. The van der Waals surface area contributed by atoms with E-state index in [0.29, 0.717) is 33.9 Å². The van der Waals surface area contributed by atoms with Gasteiger partial charge in [-0.1, -0.05) is 35.3 Å². The van der Waals surface area contributed by atoms with Gasteiger partial charge in [0.05, 0.1) is 31.3 Å². The molecule has 40 heavy (non-hydrogen) atoms. The Hall–Kier alpha value is -5.20. The number of halogens is 2. The molecule has 0 spiro atoms. The van der Waals surface area contributed by atoms with Crippen molar-refractivity contribution < 1.29 is 19.4 Å². The van der Waals surface area contributed by atoms with E-state index in [-0.39, 0.29) is 21.4 Å². The molecule has 0 unspecified atom stereocenters. The van der Waals surface area contributed by atoms with E-state index >= 15 is 0 Å². The molecule has 0 saturated heterocycles. The number of amides is 4. The van der Waals surface area contributed by atoms with Crippen LogP contribution in [0.4, 0.5) is 43.7 Å². The molecule has 0 aliphatic carbocycles. The fourth-order valence-electron chi connectivity index (χ4n) is 3.49. The Morgan fingerprint density at radius 2 is 0.900 bits per heavy atom. The summed E-state index contributed by atoms with van der Waals surface area (Å²) in [4.78, 5) is 45.1. The Morgan fingerprint density at radius 1 is 0.550 bits per heavy atom. The van der Waals surface area contributed by atoms with Crippen LogP contribution in [-0.4, -0.2) is 21.9 Å². The number of benzene rings is 4. The van der Waals surface area contributed by atoms with Crippen LogP contribution in [0.2, 0.25) is 10.0 Å². The fourth-order valence-corrected chi connectivity index (χ4v) is 3.95. The fraction of sp³-hybridized carbons (Fsp3) is 0. The second kappa shape index (κ2) is 12.1. The van der Waals surface area contributed by atoms with Gasteiger partial charge in [0, 0.05) is 35.6 Å². The summed E-state index contributed by atoms with van der Waals surface area (Å²) >= 11 is 12.7. The molecule has 202 valence electrons. The van der Waals surface area contributed by atoms with Gasteiger partial charge in [-0.15, -0.1) is 0 Å². The standard InChI is InChI=1S/C26H18Cl2N6O6/c27-21-13-15(1-11-23(21)31-25(35)29-17-3-7-19(8-4-17)33(37)38)16-2-12-24(22(28)14-16)32-26(36)30-18-5-9-20(10-6-18)34(39)40/h1-14H,(H2,29,31,35)(H2,30,32,36). The molecule has 4 aromatic carbocycles. The zero-order valence-electron chi connectivity index (χ0n) is 20.2. The first-order chi connectivity index (χ1) is 19.1. The molecule has 0 heterocycles. The van der Waals surface area contributed by atoms with Crippen LogP contribution in [0.3, 0.4) is 0 Å². The number of non-ortho nitro benzene ring substituents is 2. The molecule has 4 N–H and O–H groups in total. The minimum absolute atomic E-state index is 0.0981. The number of hydrogen-bond acceptors (Lipinski definition) is 6. The van der Waals surface area contributed by atoms with E-state index in [2.05, 4.69) is 21.3 Å². The summed E-state index contributed by atoms with van der Waals surface area (Å²) in [6, 6.07) is 19.4. The smallest absolute Gasteiger partial charge is 0.308 e. The molecule has 0 aliphatic heterocycles. The maximum Gasteiger partial charge on any atom is 0.323 e. The van der Waals surface area contributed by atoms with Crippen LogP contribution in [0, 0.1) is 20.2 Å². The summed E-state index contributed by atoms with van der Waals surface area (Å²) in [7, 11) is 0. The van der Waals surface area contributed by atoms with Crippen molar-refractivity contribution in [3.8, 4) is 11.1 Å². The molecule has 14 heteroatoms. The second-order valence-electron chi connectivity index (χ2n) is 8.16. The molecule has 0 fully saturated rings. The van der Waals surface area contributed by atoms with Crippen LogP contribution in [0.15, 0.2) is 84.9 Å². The van der Waals surface area contributed by atoms with Crippen molar-refractivity contribution in [2.45, 2.75) is 0 Å². The van der Waals surface area contributed by atoms with E-state index in [4.69, 9.17) is 23.2 Å². The van der Waals surface area contributed by atoms with E-state index in [9.17, 15) is 29.8 Å². The molecule has 0 saturated carbocycles. The topological polar surface area (TPSA) is 169 Å². The molecular formula is C26H18Cl2N6O6. The zero-order chi connectivity index (χ0) is 28.8. The minimum Gasteiger partial charge on any atom is -0.308 e. The second-order valence-corrected chi connectivity index (χ2v) is 8.97. The molecule has 0 aromatic heterocycles. The van der Waals surface area contributed by atoms with E-state index < -0.39 is 21.9 Å². The lowest BCUT2D eigenvalue weighted by molar-refractivity contribution is -0.385. The summed E-state index contributed by atoms with van der Waals surface area (Å²) in [5.41, 5.74) is 2.57. The zero-order valence-corrected chi connectivity index (χ0v) is 21.7. The number of carbonyl (C=O) groups is 2. The highest BCUT2D eigenvalue weighted by atomic mass is 35.5. The van der Waals surface area contributed by atoms with Gasteiger partial charge < -0.3 is 21.3 Å². The Morgan fingerprint density at radius 3 is 1.20 bits per heavy atom. The monoisotopic (exact) mass is 580 g/mol. The molecule has 4 amide bonds. The van der Waals surface area contributed by atoms with Gasteiger partial charge in [-0.3, -0.25) is 20.2 Å². The van der Waals surface area contributed by atoms with Gasteiger partial charge in [-0.2, -0.15) is 0 Å². The van der Waals surface area contributed by atoms with E-state index in [1.54, 1.807) is 36.4 Å². The van der Waals surface area contributed by atoms with Crippen LogP contribution in [0.25, 0.3) is 11.1 Å². The maximum absolute atomic E-state index is 12.3. The summed E-state index contributed by atoms with van der Waals surface area (Å²) in [6.07, 6.45) is 0. The van der Waals surface area contributed by atoms with Crippen LogP contribution in [0.1, 0.15) is 0 Å². The van der Waals surface area contributed by atoms with E-state index in [1.165, 1.54) is 48.5 Å². The summed E-state index contributed by atoms with van der Waals surface area (Å²) < 4.78 is 0. The molecule has 0 aliphatic rings. The average Bonchev–Trinajstić information content (AvgIpc) is 2.91. The molecular weight excluding hydrogens is 563 g/mol. The van der Waals surface area contributed by atoms with E-state index in [0.717, 1.165) is 0 Å². The van der Waals surface area contributed by atoms with E-state index in [1.807, 2.05) is 0 Å². The number of carbonyl (C=O) groups excluding carboxylic acids is 2. The number of hydrogen-bond donors (Lipinski definition) is 4. The van der Waals surface area contributed by atoms with Gasteiger partial charge in [0.2, 0.25) is 0 Å². The Bertz CT molecular complexity index is 1490. The lowest BCUT2D eigenvalue weighted by Gasteiger charge is -2.12. The lowest BCUT2D eigenvalue weighted by atomic mass is 10.0. The van der Waals surface area contributed by atoms with Crippen molar-refractivity contribution in [1.82, 2.24) is 0 Å². The van der Waals surface area contributed by atoms with Crippen LogP contribution < -0.4 is 21.3 Å². The number of rotatable bonds is 7. The molecule has 0 bridgehead atoms. The largest absolute Gasteiger partial charge is 0.323 e. The van der Waals surface area contributed by atoms with Gasteiger partial charge in [-0.25, -0.2) is 9.59 Å². The Labute approximate surface area is 236 Å². The minimum atomic E-state index is -0.589. The molecule has 0 radical (unpaired) electrons. The predicted octanol–water partition coefficient (Wildman–Crippen LogP) is 7.76. The normalized spacial score (nSPS) is 10.3. The Balaban J connectivity index is 1.38. The third-order valence-electron chi connectivity index (χ3n) is 5.44. The first-order valence-electron chi connectivity index (χ1n) is 11.3. The maximum atomic E-state index is 12.3. The highest BCUT2D eigenvalue weighted by Crippen LogP contribution is 2.33. The first-order valence-corrected chi connectivity index (χ1v) is 12.1. The summed E-state index contributed by atoms with van der Waals surface area (Å²) in [5.74, 6) is 0. The van der Waals surface area contributed by atoms with Crippen molar-refractivity contribution >= 4 is 69.4 Å². The van der Waals surface area contributed by atoms with Crippen molar-refractivity contribution in [1.29, 1.82) is 0 Å². The first kappa shape index (κ1) is 27.8. The average molecular weight is 581 g/mol.